The van der Waals surface area contributed by atoms with Gasteiger partial charge in [-0.2, -0.15) is 0 Å². The average Bonchev–Trinajstić information content (AvgIpc) is 2.12. The first-order chi connectivity index (χ1) is 8.15. The molecule has 0 radical (unpaired) electrons. The molecule has 92 valence electrons. The van der Waals surface area contributed by atoms with Crippen LogP contribution in [0.2, 0.25) is 0 Å². The summed E-state index contributed by atoms with van der Waals surface area (Å²) in [4.78, 5) is 11.5. The van der Waals surface area contributed by atoms with E-state index in [1.807, 2.05) is 0 Å². The highest BCUT2D eigenvalue weighted by Crippen LogP contribution is 2.08. The number of hydrogen-bond acceptors (Lipinski definition) is 2. The van der Waals surface area contributed by atoms with Crippen LogP contribution < -0.4 is 10.6 Å². The Morgan fingerprint density at radius 2 is 1.94 bits per heavy atom. The van der Waals surface area contributed by atoms with Gasteiger partial charge in [-0.3, -0.25) is 4.79 Å². The lowest BCUT2D eigenvalue weighted by molar-refractivity contribution is -0.126. The van der Waals surface area contributed by atoms with Crippen LogP contribution in [0.5, 0.6) is 0 Å². The highest BCUT2D eigenvalue weighted by Gasteiger charge is 2.24. The molecule has 0 aromatic heterocycles. The van der Waals surface area contributed by atoms with Crippen molar-refractivity contribution in [3.63, 3.8) is 0 Å². The van der Waals surface area contributed by atoms with Gasteiger partial charge in [0.2, 0.25) is 5.91 Å². The first-order valence-corrected chi connectivity index (χ1v) is 5.58. The van der Waals surface area contributed by atoms with E-state index in [-0.39, 0.29) is 11.8 Å². The molecule has 3 nitrogen and oxygen atoms in total. The Hall–Kier alpha value is -1.49. The van der Waals surface area contributed by atoms with Gasteiger partial charge in [-0.1, -0.05) is 0 Å². The van der Waals surface area contributed by atoms with E-state index in [0.717, 1.165) is 6.07 Å². The van der Waals surface area contributed by atoms with Gasteiger partial charge in [0, 0.05) is 25.7 Å². The molecule has 0 spiro atoms. The predicted molar refractivity (Wildman–Crippen MR) is 59.4 cm³/mol. The maximum absolute atomic E-state index is 12.9. The monoisotopic (exact) mass is 240 g/mol. The van der Waals surface area contributed by atoms with Crippen LogP contribution in [0.3, 0.4) is 0 Å². The van der Waals surface area contributed by atoms with Crippen molar-refractivity contribution in [3.05, 3.63) is 35.4 Å². The normalized spacial score (nSPS) is 15.4. The van der Waals surface area contributed by atoms with E-state index in [9.17, 15) is 13.6 Å². The summed E-state index contributed by atoms with van der Waals surface area (Å²) in [5.74, 6) is -1.14. The molecule has 1 saturated heterocycles. The van der Waals surface area contributed by atoms with E-state index in [4.69, 9.17) is 0 Å². The molecule has 2 rings (SSSR count). The van der Waals surface area contributed by atoms with Crippen molar-refractivity contribution in [1.82, 2.24) is 10.6 Å². The lowest BCUT2D eigenvalue weighted by Gasteiger charge is -2.25. The van der Waals surface area contributed by atoms with Gasteiger partial charge < -0.3 is 10.6 Å². The minimum absolute atomic E-state index is 0.000579. The number of nitrogens with one attached hydrogen (secondary N) is 2. The number of rotatable bonds is 4. The zero-order valence-electron chi connectivity index (χ0n) is 9.30. The van der Waals surface area contributed by atoms with Crippen molar-refractivity contribution in [3.8, 4) is 0 Å². The molecule has 0 bridgehead atoms. The van der Waals surface area contributed by atoms with Crippen LogP contribution in [0.15, 0.2) is 18.2 Å². The standard InChI is InChI=1S/C12H14F2N2O/c13-10-3-8(4-11(14)5-10)1-2-16-12(17)9-6-15-7-9/h3-5,9,15H,1-2,6-7H2,(H,16,17). The summed E-state index contributed by atoms with van der Waals surface area (Å²) in [6.07, 6.45) is 0.431. The van der Waals surface area contributed by atoms with Crippen LogP contribution in [0.1, 0.15) is 5.56 Å². The van der Waals surface area contributed by atoms with Crippen LogP contribution in [0.4, 0.5) is 8.78 Å². The van der Waals surface area contributed by atoms with E-state index < -0.39 is 11.6 Å². The van der Waals surface area contributed by atoms with Crippen LogP contribution in [0, 0.1) is 17.6 Å². The fraction of sp³-hybridized carbons (Fsp3) is 0.417. The van der Waals surface area contributed by atoms with Gasteiger partial charge in [-0.25, -0.2) is 8.78 Å². The zero-order valence-corrected chi connectivity index (χ0v) is 9.30. The number of amides is 1. The third-order valence-corrected chi connectivity index (χ3v) is 2.79. The second-order valence-electron chi connectivity index (χ2n) is 4.17. The van der Waals surface area contributed by atoms with Crippen LogP contribution in [0.25, 0.3) is 0 Å². The fourth-order valence-corrected chi connectivity index (χ4v) is 1.70. The number of hydrogen-bond donors (Lipinski definition) is 2. The molecule has 17 heavy (non-hydrogen) atoms. The summed E-state index contributed by atoms with van der Waals surface area (Å²) in [5, 5.41) is 5.75. The quantitative estimate of drug-likeness (QED) is 0.819. The second kappa shape index (κ2) is 5.23. The molecule has 0 unspecified atom stereocenters. The molecule has 0 saturated carbocycles. The molecule has 1 aliphatic rings. The Bertz CT molecular complexity index is 399. The minimum atomic E-state index is -0.588. The Morgan fingerprint density at radius 1 is 1.29 bits per heavy atom. The Balaban J connectivity index is 1.79. The van der Waals surface area contributed by atoms with Crippen LogP contribution in [-0.4, -0.2) is 25.5 Å². The molecule has 1 fully saturated rings. The lowest BCUT2D eigenvalue weighted by atomic mass is 10.0. The number of benzene rings is 1. The maximum atomic E-state index is 12.9. The molecular formula is C12H14F2N2O. The lowest BCUT2D eigenvalue weighted by Crippen LogP contribution is -2.51. The van der Waals surface area contributed by atoms with E-state index in [0.29, 0.717) is 31.6 Å². The first kappa shape index (κ1) is 12.0. The summed E-state index contributed by atoms with van der Waals surface area (Å²) >= 11 is 0. The van der Waals surface area contributed by atoms with E-state index in [2.05, 4.69) is 10.6 Å². The molecule has 0 atom stereocenters. The maximum Gasteiger partial charge on any atom is 0.225 e. The summed E-state index contributed by atoms with van der Waals surface area (Å²) in [7, 11) is 0. The summed E-state index contributed by atoms with van der Waals surface area (Å²) in [5.41, 5.74) is 0.550. The van der Waals surface area contributed by atoms with Crippen molar-refractivity contribution in [1.29, 1.82) is 0 Å². The van der Waals surface area contributed by atoms with Gasteiger partial charge in [0.25, 0.3) is 0 Å². The number of carbonyl (C=O) groups excluding carboxylic acids is 1. The summed E-state index contributed by atoms with van der Waals surface area (Å²) < 4.78 is 25.7. The molecule has 5 heteroatoms. The summed E-state index contributed by atoms with van der Waals surface area (Å²) in [6.45, 7) is 1.82. The van der Waals surface area contributed by atoms with Crippen molar-refractivity contribution in [2.75, 3.05) is 19.6 Å². The SMILES string of the molecule is O=C(NCCc1cc(F)cc(F)c1)C1CNC1. The number of halogens is 2. The predicted octanol–water partition coefficient (Wildman–Crippen LogP) is 0.843. The van der Waals surface area contributed by atoms with Crippen molar-refractivity contribution in [2.45, 2.75) is 6.42 Å². The fourth-order valence-electron chi connectivity index (χ4n) is 1.70. The molecule has 1 amide bonds. The van der Waals surface area contributed by atoms with Crippen LogP contribution >= 0.6 is 0 Å². The Kier molecular flexibility index (Phi) is 3.68. The molecule has 0 aliphatic carbocycles. The molecule has 2 N–H and O–H groups in total. The average molecular weight is 240 g/mol. The van der Waals surface area contributed by atoms with E-state index in [1.165, 1.54) is 12.1 Å². The molecular weight excluding hydrogens is 226 g/mol. The summed E-state index contributed by atoms with van der Waals surface area (Å²) in [6, 6.07) is 3.39. The molecule has 1 aromatic carbocycles. The molecule has 1 aliphatic heterocycles. The highest BCUT2D eigenvalue weighted by atomic mass is 19.1. The van der Waals surface area contributed by atoms with E-state index in [1.54, 1.807) is 0 Å². The zero-order chi connectivity index (χ0) is 12.3. The largest absolute Gasteiger partial charge is 0.355 e. The third-order valence-electron chi connectivity index (χ3n) is 2.79. The third kappa shape index (κ3) is 3.23. The van der Waals surface area contributed by atoms with Gasteiger partial charge >= 0.3 is 0 Å². The Labute approximate surface area is 98.2 Å². The van der Waals surface area contributed by atoms with E-state index >= 15 is 0 Å². The van der Waals surface area contributed by atoms with Crippen molar-refractivity contribution < 1.29 is 13.6 Å². The second-order valence-corrected chi connectivity index (χ2v) is 4.17. The van der Waals surface area contributed by atoms with Gasteiger partial charge in [0.1, 0.15) is 11.6 Å². The highest BCUT2D eigenvalue weighted by molar-refractivity contribution is 5.79. The minimum Gasteiger partial charge on any atom is -0.355 e. The van der Waals surface area contributed by atoms with Gasteiger partial charge in [0.05, 0.1) is 5.92 Å². The molecule has 1 aromatic rings. The van der Waals surface area contributed by atoms with Gasteiger partial charge in [0.15, 0.2) is 0 Å². The topological polar surface area (TPSA) is 41.1 Å². The Morgan fingerprint density at radius 3 is 2.47 bits per heavy atom. The van der Waals surface area contributed by atoms with Crippen molar-refractivity contribution >= 4 is 5.91 Å². The number of carbonyl (C=O) groups is 1. The van der Waals surface area contributed by atoms with Gasteiger partial charge in [-0.05, 0) is 24.1 Å². The van der Waals surface area contributed by atoms with Crippen LogP contribution in [-0.2, 0) is 11.2 Å². The van der Waals surface area contributed by atoms with Crippen molar-refractivity contribution in [2.24, 2.45) is 5.92 Å². The first-order valence-electron chi connectivity index (χ1n) is 5.58. The van der Waals surface area contributed by atoms with Gasteiger partial charge in [-0.15, -0.1) is 0 Å². The molecule has 1 heterocycles. The smallest absolute Gasteiger partial charge is 0.225 e.